The molecule has 0 spiro atoms. The Morgan fingerprint density at radius 3 is 3.05 bits per heavy atom. The second-order valence-electron chi connectivity index (χ2n) is 6.06. The average molecular weight is 283 g/mol. The molecule has 1 aliphatic carbocycles. The monoisotopic (exact) mass is 283 g/mol. The summed E-state index contributed by atoms with van der Waals surface area (Å²) in [6.07, 6.45) is 10.3. The molecule has 0 radical (unpaired) electrons. The summed E-state index contributed by atoms with van der Waals surface area (Å²) in [5.74, 6) is 0. The fourth-order valence-corrected chi connectivity index (χ4v) is 3.51. The molecule has 1 saturated carbocycles. The van der Waals surface area contributed by atoms with Crippen LogP contribution in [0.15, 0.2) is 30.6 Å². The van der Waals surface area contributed by atoms with Crippen molar-refractivity contribution < 1.29 is 4.74 Å². The van der Waals surface area contributed by atoms with E-state index in [-0.39, 0.29) is 0 Å². The summed E-state index contributed by atoms with van der Waals surface area (Å²) < 4.78 is 5.38. The Morgan fingerprint density at radius 2 is 2.29 bits per heavy atom. The molecule has 1 aliphatic heterocycles. The molecule has 1 N–H and O–H groups in total. The maximum atomic E-state index is 5.38. The second-order valence-corrected chi connectivity index (χ2v) is 6.06. The van der Waals surface area contributed by atoms with E-state index in [0.29, 0.717) is 6.10 Å². The fraction of sp³-hybridized carbons (Fsp3) is 0.471. The van der Waals surface area contributed by atoms with Gasteiger partial charge in [-0.25, -0.2) is 4.98 Å². The number of H-pyrrole nitrogens is 1. The first-order valence-electron chi connectivity index (χ1n) is 7.73. The van der Waals surface area contributed by atoms with Gasteiger partial charge in [0.2, 0.25) is 0 Å². The Balaban J connectivity index is 1.49. The molecule has 0 unspecified atom stereocenters. The molecule has 3 heterocycles. The number of nitrogens with one attached hydrogen (secondary N) is 1. The standard InChI is InChI=1S/C17H21N3O/c1-21-14-9-13(10-14)20-7-4-12(5-8-20)16-11-19-17-15(16)3-2-6-18-17/h2-4,6,11,13-14H,5,7-10H2,1H3,(H,18,19). The molecule has 2 aliphatic rings. The van der Waals surface area contributed by atoms with Crippen LogP contribution in [0.3, 0.4) is 0 Å². The minimum absolute atomic E-state index is 0.486. The van der Waals surface area contributed by atoms with Crippen LogP contribution >= 0.6 is 0 Å². The van der Waals surface area contributed by atoms with Crippen LogP contribution in [0.1, 0.15) is 24.8 Å². The Hall–Kier alpha value is -1.65. The predicted molar refractivity (Wildman–Crippen MR) is 84.1 cm³/mol. The smallest absolute Gasteiger partial charge is 0.137 e. The molecule has 4 nitrogen and oxygen atoms in total. The number of pyridine rings is 1. The van der Waals surface area contributed by atoms with Gasteiger partial charge in [-0.1, -0.05) is 6.08 Å². The van der Waals surface area contributed by atoms with Crippen LogP contribution in [0, 0.1) is 0 Å². The number of aromatic nitrogens is 2. The molecule has 1 fully saturated rings. The highest BCUT2D eigenvalue weighted by Crippen LogP contribution is 2.33. The van der Waals surface area contributed by atoms with Crippen molar-refractivity contribution in [1.82, 2.24) is 14.9 Å². The number of methoxy groups -OCH3 is 1. The van der Waals surface area contributed by atoms with Crippen molar-refractivity contribution >= 4 is 16.6 Å². The van der Waals surface area contributed by atoms with Gasteiger partial charge in [0.25, 0.3) is 0 Å². The van der Waals surface area contributed by atoms with E-state index in [0.717, 1.165) is 31.2 Å². The van der Waals surface area contributed by atoms with E-state index < -0.39 is 0 Å². The number of aromatic amines is 1. The van der Waals surface area contributed by atoms with E-state index in [1.807, 2.05) is 19.4 Å². The van der Waals surface area contributed by atoms with Gasteiger partial charge in [0.05, 0.1) is 6.10 Å². The zero-order valence-corrected chi connectivity index (χ0v) is 12.4. The molecule has 2 aromatic heterocycles. The van der Waals surface area contributed by atoms with Crippen LogP contribution in [0.2, 0.25) is 0 Å². The van der Waals surface area contributed by atoms with E-state index in [9.17, 15) is 0 Å². The summed E-state index contributed by atoms with van der Waals surface area (Å²) in [6, 6.07) is 4.88. The highest BCUT2D eigenvalue weighted by molar-refractivity contribution is 5.90. The van der Waals surface area contributed by atoms with Crippen molar-refractivity contribution in [3.63, 3.8) is 0 Å². The number of fused-ring (bicyclic) bond motifs is 1. The number of nitrogens with zero attached hydrogens (tertiary/aromatic N) is 2. The number of hydrogen-bond donors (Lipinski definition) is 1. The van der Waals surface area contributed by atoms with Gasteiger partial charge in [-0.15, -0.1) is 0 Å². The van der Waals surface area contributed by atoms with E-state index in [4.69, 9.17) is 4.74 Å². The topological polar surface area (TPSA) is 41.1 Å². The summed E-state index contributed by atoms with van der Waals surface area (Å²) in [5.41, 5.74) is 3.76. The van der Waals surface area contributed by atoms with Crippen molar-refractivity contribution in [1.29, 1.82) is 0 Å². The van der Waals surface area contributed by atoms with Crippen LogP contribution in [-0.2, 0) is 4.74 Å². The summed E-state index contributed by atoms with van der Waals surface area (Å²) in [4.78, 5) is 10.2. The quantitative estimate of drug-likeness (QED) is 0.941. The lowest BCUT2D eigenvalue weighted by molar-refractivity contribution is -0.0239. The van der Waals surface area contributed by atoms with Crippen LogP contribution in [0.4, 0.5) is 0 Å². The molecule has 4 heteroatoms. The first-order valence-corrected chi connectivity index (χ1v) is 7.73. The largest absolute Gasteiger partial charge is 0.381 e. The van der Waals surface area contributed by atoms with Crippen LogP contribution < -0.4 is 0 Å². The molecule has 110 valence electrons. The van der Waals surface area contributed by atoms with Crippen molar-refractivity contribution in [3.05, 3.63) is 36.2 Å². The Bertz CT molecular complexity index is 669. The third kappa shape index (κ3) is 2.28. The van der Waals surface area contributed by atoms with Crippen LogP contribution in [-0.4, -0.2) is 47.2 Å². The van der Waals surface area contributed by atoms with E-state index in [2.05, 4.69) is 33.2 Å². The number of ether oxygens (including phenoxy) is 1. The van der Waals surface area contributed by atoms with E-state index in [1.165, 1.54) is 29.4 Å². The SMILES string of the molecule is COC1CC(N2CC=C(c3c[nH]c4ncccc34)CC2)C1. The van der Waals surface area contributed by atoms with Gasteiger partial charge < -0.3 is 9.72 Å². The van der Waals surface area contributed by atoms with Crippen molar-refractivity contribution in [2.75, 3.05) is 20.2 Å². The summed E-state index contributed by atoms with van der Waals surface area (Å²) in [5, 5.41) is 1.24. The van der Waals surface area contributed by atoms with E-state index in [1.54, 1.807) is 0 Å². The molecule has 4 rings (SSSR count). The van der Waals surface area contributed by atoms with Gasteiger partial charge >= 0.3 is 0 Å². The Morgan fingerprint density at radius 1 is 1.38 bits per heavy atom. The highest BCUT2D eigenvalue weighted by atomic mass is 16.5. The molecule has 0 atom stereocenters. The molecule has 21 heavy (non-hydrogen) atoms. The van der Waals surface area contributed by atoms with Gasteiger partial charge in [0.1, 0.15) is 5.65 Å². The Labute approximate surface area is 124 Å². The summed E-state index contributed by atoms with van der Waals surface area (Å²) in [7, 11) is 1.82. The second kappa shape index (κ2) is 5.28. The summed E-state index contributed by atoms with van der Waals surface area (Å²) in [6.45, 7) is 2.21. The zero-order chi connectivity index (χ0) is 14.2. The molecule has 0 amide bonds. The minimum atomic E-state index is 0.486. The van der Waals surface area contributed by atoms with Gasteiger partial charge in [-0.3, -0.25) is 4.90 Å². The highest BCUT2D eigenvalue weighted by Gasteiger charge is 2.34. The number of hydrogen-bond acceptors (Lipinski definition) is 3. The third-order valence-corrected chi connectivity index (χ3v) is 4.96. The third-order valence-electron chi connectivity index (χ3n) is 4.96. The van der Waals surface area contributed by atoms with Crippen LogP contribution in [0.5, 0.6) is 0 Å². The van der Waals surface area contributed by atoms with E-state index >= 15 is 0 Å². The van der Waals surface area contributed by atoms with Gasteiger partial charge in [-0.05, 0) is 37.0 Å². The normalized spacial score (nSPS) is 26.6. The lowest BCUT2D eigenvalue weighted by atomic mass is 9.86. The maximum absolute atomic E-state index is 5.38. The van der Waals surface area contributed by atoms with Gasteiger partial charge in [0.15, 0.2) is 0 Å². The van der Waals surface area contributed by atoms with Crippen molar-refractivity contribution in [3.8, 4) is 0 Å². The summed E-state index contributed by atoms with van der Waals surface area (Å²) >= 11 is 0. The van der Waals surface area contributed by atoms with Crippen molar-refractivity contribution in [2.24, 2.45) is 0 Å². The minimum Gasteiger partial charge on any atom is -0.381 e. The Kier molecular flexibility index (Phi) is 3.28. The first-order chi connectivity index (χ1) is 10.3. The van der Waals surface area contributed by atoms with Gasteiger partial charge in [-0.2, -0.15) is 0 Å². The lowest BCUT2D eigenvalue weighted by Gasteiger charge is -2.43. The predicted octanol–water partition coefficient (Wildman–Crippen LogP) is 2.83. The molecule has 0 aromatic carbocycles. The molecule has 0 saturated heterocycles. The fourth-order valence-electron chi connectivity index (χ4n) is 3.51. The molecular formula is C17H21N3O. The van der Waals surface area contributed by atoms with Crippen molar-refractivity contribution in [2.45, 2.75) is 31.4 Å². The lowest BCUT2D eigenvalue weighted by Crippen LogP contribution is -2.49. The van der Waals surface area contributed by atoms with Crippen LogP contribution in [0.25, 0.3) is 16.6 Å². The molecule has 0 bridgehead atoms. The molecule has 2 aromatic rings. The number of rotatable bonds is 3. The van der Waals surface area contributed by atoms with Gasteiger partial charge in [0, 0.05) is 49.6 Å². The first kappa shape index (κ1) is 13.0. The zero-order valence-electron chi connectivity index (χ0n) is 12.4. The average Bonchev–Trinajstić information content (AvgIpc) is 2.91. The maximum Gasteiger partial charge on any atom is 0.137 e. The molecular weight excluding hydrogens is 262 g/mol.